The number of nitrogens with zero attached hydrogens (tertiary/aromatic N) is 1. The van der Waals surface area contributed by atoms with Crippen LogP contribution in [0.4, 0.5) is 0 Å². The number of aliphatic hydroxyl groups is 1. The van der Waals surface area contributed by atoms with Gasteiger partial charge in [-0.05, 0) is 37.0 Å². The van der Waals surface area contributed by atoms with Crippen molar-refractivity contribution in [2.24, 2.45) is 0 Å². The van der Waals surface area contributed by atoms with Gasteiger partial charge in [0.2, 0.25) is 10.0 Å². The van der Waals surface area contributed by atoms with Crippen LogP contribution in [0.1, 0.15) is 31.2 Å². The van der Waals surface area contributed by atoms with E-state index in [1.165, 1.54) is 4.31 Å². The predicted molar refractivity (Wildman–Crippen MR) is 74.4 cm³/mol. The van der Waals surface area contributed by atoms with E-state index in [0.29, 0.717) is 11.3 Å². The van der Waals surface area contributed by atoms with E-state index < -0.39 is 10.0 Å². The summed E-state index contributed by atoms with van der Waals surface area (Å²) in [5.74, 6) is 0. The molecule has 19 heavy (non-hydrogen) atoms. The van der Waals surface area contributed by atoms with Crippen molar-refractivity contribution < 1.29 is 13.5 Å². The summed E-state index contributed by atoms with van der Waals surface area (Å²) in [7, 11) is -1.71. The molecule has 5 heteroatoms. The second kappa shape index (κ2) is 6.03. The van der Waals surface area contributed by atoms with Crippen LogP contribution in [-0.4, -0.2) is 37.5 Å². The molecule has 1 aromatic rings. The first kappa shape index (κ1) is 14.5. The molecular formula is C14H21NO3S. The normalized spacial score (nSPS) is 17.2. The summed E-state index contributed by atoms with van der Waals surface area (Å²) >= 11 is 0. The lowest BCUT2D eigenvalue weighted by molar-refractivity contribution is 0.299. The van der Waals surface area contributed by atoms with Gasteiger partial charge in [0, 0.05) is 19.7 Å². The summed E-state index contributed by atoms with van der Waals surface area (Å²) in [4.78, 5) is 0.337. The first-order chi connectivity index (χ1) is 9.05. The Kier molecular flexibility index (Phi) is 4.60. The van der Waals surface area contributed by atoms with Gasteiger partial charge in [0.05, 0.1) is 4.90 Å². The number of aliphatic hydroxyl groups excluding tert-OH is 1. The Labute approximate surface area is 115 Å². The molecule has 1 N–H and O–H groups in total. The van der Waals surface area contributed by atoms with Crippen molar-refractivity contribution in [3.8, 4) is 0 Å². The number of hydrogen-bond acceptors (Lipinski definition) is 3. The van der Waals surface area contributed by atoms with Gasteiger partial charge in [-0.2, -0.15) is 4.31 Å². The molecule has 0 heterocycles. The minimum absolute atomic E-state index is 0.0775. The lowest BCUT2D eigenvalue weighted by Gasteiger charge is -2.23. The Morgan fingerprint density at radius 2 is 1.79 bits per heavy atom. The Morgan fingerprint density at radius 3 is 2.32 bits per heavy atom. The molecule has 1 fully saturated rings. The molecule has 1 aromatic carbocycles. The van der Waals surface area contributed by atoms with E-state index in [-0.39, 0.29) is 12.6 Å². The minimum atomic E-state index is -3.38. The van der Waals surface area contributed by atoms with Gasteiger partial charge in [-0.3, -0.25) is 0 Å². The standard InChI is InChI=1S/C14H21NO3S/c1-15(13-4-2-3-5-13)19(17,18)14-8-6-12(7-9-14)10-11-16/h6-9,13,16H,2-5,10-11H2,1H3. The molecule has 0 aromatic heterocycles. The molecule has 0 atom stereocenters. The van der Waals surface area contributed by atoms with E-state index in [4.69, 9.17) is 5.11 Å². The van der Waals surface area contributed by atoms with Gasteiger partial charge < -0.3 is 5.11 Å². The molecule has 0 unspecified atom stereocenters. The van der Waals surface area contributed by atoms with Gasteiger partial charge in [-0.25, -0.2) is 8.42 Å². The molecule has 1 aliphatic carbocycles. The minimum Gasteiger partial charge on any atom is -0.396 e. The van der Waals surface area contributed by atoms with Crippen LogP contribution in [0.2, 0.25) is 0 Å². The van der Waals surface area contributed by atoms with Crippen LogP contribution in [0.15, 0.2) is 29.2 Å². The van der Waals surface area contributed by atoms with Crippen LogP contribution in [0.5, 0.6) is 0 Å². The van der Waals surface area contributed by atoms with Crippen molar-refractivity contribution in [2.75, 3.05) is 13.7 Å². The molecule has 0 saturated heterocycles. The third kappa shape index (κ3) is 3.16. The Morgan fingerprint density at radius 1 is 1.21 bits per heavy atom. The van der Waals surface area contributed by atoms with Gasteiger partial charge in [-0.1, -0.05) is 25.0 Å². The second-order valence-electron chi connectivity index (χ2n) is 5.08. The number of sulfonamides is 1. The van der Waals surface area contributed by atoms with E-state index in [2.05, 4.69) is 0 Å². The third-order valence-electron chi connectivity index (χ3n) is 3.84. The predicted octanol–water partition coefficient (Wildman–Crippen LogP) is 1.78. The monoisotopic (exact) mass is 283 g/mol. The topological polar surface area (TPSA) is 57.6 Å². The van der Waals surface area contributed by atoms with E-state index in [1.54, 1.807) is 31.3 Å². The summed E-state index contributed by atoms with van der Waals surface area (Å²) in [5, 5.41) is 8.85. The second-order valence-corrected chi connectivity index (χ2v) is 7.07. The smallest absolute Gasteiger partial charge is 0.243 e. The van der Waals surface area contributed by atoms with Crippen LogP contribution in [0, 0.1) is 0 Å². The zero-order valence-electron chi connectivity index (χ0n) is 11.2. The van der Waals surface area contributed by atoms with Crippen LogP contribution in [-0.2, 0) is 16.4 Å². The number of hydrogen-bond donors (Lipinski definition) is 1. The maximum absolute atomic E-state index is 12.5. The van der Waals surface area contributed by atoms with Crippen LogP contribution in [0.3, 0.4) is 0 Å². The molecule has 4 nitrogen and oxygen atoms in total. The molecule has 1 aliphatic rings. The average molecular weight is 283 g/mol. The lowest BCUT2D eigenvalue weighted by atomic mass is 10.2. The molecule has 0 amide bonds. The fourth-order valence-corrected chi connectivity index (χ4v) is 4.00. The van der Waals surface area contributed by atoms with Gasteiger partial charge in [0.1, 0.15) is 0 Å². The third-order valence-corrected chi connectivity index (χ3v) is 5.76. The van der Waals surface area contributed by atoms with E-state index in [1.807, 2.05) is 0 Å². The van der Waals surface area contributed by atoms with Crippen molar-refractivity contribution in [1.82, 2.24) is 4.31 Å². The van der Waals surface area contributed by atoms with Gasteiger partial charge in [-0.15, -0.1) is 0 Å². The van der Waals surface area contributed by atoms with Crippen molar-refractivity contribution in [3.63, 3.8) is 0 Å². The highest BCUT2D eigenvalue weighted by Crippen LogP contribution is 2.27. The van der Waals surface area contributed by atoms with Crippen LogP contribution in [0.25, 0.3) is 0 Å². The largest absolute Gasteiger partial charge is 0.396 e. The molecule has 0 spiro atoms. The number of rotatable bonds is 5. The SMILES string of the molecule is CN(C1CCCC1)S(=O)(=O)c1ccc(CCO)cc1. The summed E-state index contributed by atoms with van der Waals surface area (Å²) in [6.45, 7) is 0.0775. The first-order valence-corrected chi connectivity index (χ1v) is 8.17. The Hall–Kier alpha value is -0.910. The van der Waals surface area contributed by atoms with Crippen LogP contribution >= 0.6 is 0 Å². The van der Waals surface area contributed by atoms with Gasteiger partial charge in [0.15, 0.2) is 0 Å². The van der Waals surface area contributed by atoms with Crippen molar-refractivity contribution in [2.45, 2.75) is 43.0 Å². The molecule has 106 valence electrons. The molecule has 1 saturated carbocycles. The van der Waals surface area contributed by atoms with Crippen molar-refractivity contribution in [3.05, 3.63) is 29.8 Å². The summed E-state index contributed by atoms with van der Waals surface area (Å²) in [6.07, 6.45) is 4.69. The van der Waals surface area contributed by atoms with Crippen molar-refractivity contribution in [1.29, 1.82) is 0 Å². The van der Waals surface area contributed by atoms with E-state index in [0.717, 1.165) is 31.2 Å². The fourth-order valence-electron chi connectivity index (χ4n) is 2.59. The quantitative estimate of drug-likeness (QED) is 0.896. The zero-order valence-corrected chi connectivity index (χ0v) is 12.1. The van der Waals surface area contributed by atoms with E-state index in [9.17, 15) is 8.42 Å². The summed E-state index contributed by atoms with van der Waals surface area (Å²) in [5.41, 5.74) is 0.949. The average Bonchev–Trinajstić information content (AvgIpc) is 2.92. The molecule has 0 radical (unpaired) electrons. The highest BCUT2D eigenvalue weighted by Gasteiger charge is 2.29. The fraction of sp³-hybridized carbons (Fsp3) is 0.571. The molecule has 0 bridgehead atoms. The Bertz CT molecular complexity index is 504. The van der Waals surface area contributed by atoms with E-state index >= 15 is 0 Å². The first-order valence-electron chi connectivity index (χ1n) is 6.73. The van der Waals surface area contributed by atoms with Crippen LogP contribution < -0.4 is 0 Å². The summed E-state index contributed by atoms with van der Waals surface area (Å²) < 4.78 is 26.4. The zero-order chi connectivity index (χ0) is 13.9. The maximum Gasteiger partial charge on any atom is 0.243 e. The van der Waals surface area contributed by atoms with Gasteiger partial charge >= 0.3 is 0 Å². The van der Waals surface area contributed by atoms with Crippen molar-refractivity contribution >= 4 is 10.0 Å². The molecule has 0 aliphatic heterocycles. The number of benzene rings is 1. The maximum atomic E-state index is 12.5. The lowest BCUT2D eigenvalue weighted by Crippen LogP contribution is -2.35. The molecule has 2 rings (SSSR count). The highest BCUT2D eigenvalue weighted by molar-refractivity contribution is 7.89. The summed E-state index contributed by atoms with van der Waals surface area (Å²) in [6, 6.07) is 6.94. The van der Waals surface area contributed by atoms with Gasteiger partial charge in [0.25, 0.3) is 0 Å². The molecular weight excluding hydrogens is 262 g/mol. The highest BCUT2D eigenvalue weighted by atomic mass is 32.2. The Balaban J connectivity index is 2.18.